The van der Waals surface area contributed by atoms with E-state index in [0.29, 0.717) is 11.8 Å². The van der Waals surface area contributed by atoms with Crippen LogP contribution >= 0.6 is 0 Å². The number of carbonyl (C=O) groups excluding carboxylic acids is 1. The van der Waals surface area contributed by atoms with Gasteiger partial charge in [0.05, 0.1) is 6.61 Å². The van der Waals surface area contributed by atoms with Gasteiger partial charge in [0.1, 0.15) is 5.75 Å². The van der Waals surface area contributed by atoms with E-state index in [9.17, 15) is 4.79 Å². The number of hydrogen-bond acceptors (Lipinski definition) is 4. The van der Waals surface area contributed by atoms with Gasteiger partial charge in [-0.25, -0.2) is 0 Å². The van der Waals surface area contributed by atoms with Crippen molar-refractivity contribution in [3.05, 3.63) is 29.8 Å². The first kappa shape index (κ1) is 12.9. The minimum absolute atomic E-state index is 0.0863. The molecular formula is C13H18N2O3. The van der Waals surface area contributed by atoms with Crippen molar-refractivity contribution in [3.63, 3.8) is 0 Å². The minimum atomic E-state index is -0.470. The lowest BCUT2D eigenvalue weighted by Gasteiger charge is -2.10. The Kier molecular flexibility index (Phi) is 4.55. The molecule has 1 saturated heterocycles. The summed E-state index contributed by atoms with van der Waals surface area (Å²) in [4.78, 5) is 10.6. The van der Waals surface area contributed by atoms with Crippen molar-refractivity contribution in [1.29, 1.82) is 0 Å². The molecule has 0 radical (unpaired) electrons. The average Bonchev–Trinajstić information content (AvgIpc) is 2.88. The zero-order chi connectivity index (χ0) is 12.8. The number of primary amides is 1. The first-order chi connectivity index (χ1) is 8.74. The summed E-state index contributed by atoms with van der Waals surface area (Å²) in [7, 11) is 0. The summed E-state index contributed by atoms with van der Waals surface area (Å²) < 4.78 is 10.5. The lowest BCUT2D eigenvalue weighted by atomic mass is 10.2. The van der Waals surface area contributed by atoms with Gasteiger partial charge in [-0.05, 0) is 24.1 Å². The zero-order valence-corrected chi connectivity index (χ0v) is 10.2. The van der Waals surface area contributed by atoms with E-state index in [1.54, 1.807) is 0 Å². The van der Waals surface area contributed by atoms with E-state index in [1.165, 1.54) is 5.56 Å². The van der Waals surface area contributed by atoms with Crippen molar-refractivity contribution in [1.82, 2.24) is 5.32 Å². The maximum Gasteiger partial charge on any atom is 0.255 e. The molecule has 0 aromatic heterocycles. The van der Waals surface area contributed by atoms with Gasteiger partial charge in [0.15, 0.2) is 6.61 Å². The highest BCUT2D eigenvalue weighted by molar-refractivity contribution is 5.75. The normalized spacial score (nSPS) is 18.8. The predicted molar refractivity (Wildman–Crippen MR) is 67.2 cm³/mol. The lowest BCUT2D eigenvalue weighted by Crippen LogP contribution is -2.28. The Morgan fingerprint density at radius 1 is 1.44 bits per heavy atom. The molecule has 1 aliphatic rings. The standard InChI is InChI=1S/C13H18N2O3/c14-13(16)9-18-12-3-1-10(2-4-12)7-15-11-5-6-17-8-11/h1-4,11,15H,5-9H2,(H2,14,16). The maximum absolute atomic E-state index is 10.6. The molecular weight excluding hydrogens is 232 g/mol. The van der Waals surface area contributed by atoms with Crippen molar-refractivity contribution in [2.45, 2.75) is 19.0 Å². The maximum atomic E-state index is 10.6. The van der Waals surface area contributed by atoms with Crippen LogP contribution in [-0.4, -0.2) is 31.8 Å². The number of nitrogens with two attached hydrogens (primary N) is 1. The minimum Gasteiger partial charge on any atom is -0.484 e. The highest BCUT2D eigenvalue weighted by atomic mass is 16.5. The molecule has 0 saturated carbocycles. The second kappa shape index (κ2) is 6.37. The van der Waals surface area contributed by atoms with E-state index < -0.39 is 5.91 Å². The third kappa shape index (κ3) is 4.01. The van der Waals surface area contributed by atoms with Crippen LogP contribution in [0.3, 0.4) is 0 Å². The Balaban J connectivity index is 1.77. The van der Waals surface area contributed by atoms with Gasteiger partial charge in [0, 0.05) is 19.2 Å². The molecule has 0 bridgehead atoms. The van der Waals surface area contributed by atoms with Crippen LogP contribution in [0.4, 0.5) is 0 Å². The SMILES string of the molecule is NC(=O)COc1ccc(CNC2CCOC2)cc1. The first-order valence-corrected chi connectivity index (χ1v) is 6.05. The van der Waals surface area contributed by atoms with Crippen molar-refractivity contribution in [2.24, 2.45) is 5.73 Å². The quantitative estimate of drug-likeness (QED) is 0.768. The Morgan fingerprint density at radius 2 is 2.22 bits per heavy atom. The zero-order valence-electron chi connectivity index (χ0n) is 10.2. The summed E-state index contributed by atoms with van der Waals surface area (Å²) >= 11 is 0. The molecule has 1 fully saturated rings. The fraction of sp³-hybridized carbons (Fsp3) is 0.462. The van der Waals surface area contributed by atoms with Gasteiger partial charge in [-0.3, -0.25) is 4.79 Å². The molecule has 0 spiro atoms. The average molecular weight is 250 g/mol. The van der Waals surface area contributed by atoms with E-state index in [1.807, 2.05) is 24.3 Å². The Bertz CT molecular complexity index is 386. The molecule has 3 N–H and O–H groups in total. The highest BCUT2D eigenvalue weighted by Gasteiger charge is 2.14. The number of benzene rings is 1. The van der Waals surface area contributed by atoms with Gasteiger partial charge in [0.2, 0.25) is 0 Å². The van der Waals surface area contributed by atoms with Crippen molar-refractivity contribution < 1.29 is 14.3 Å². The van der Waals surface area contributed by atoms with Gasteiger partial charge in [-0.15, -0.1) is 0 Å². The molecule has 5 nitrogen and oxygen atoms in total. The van der Waals surface area contributed by atoms with Crippen LogP contribution in [0.15, 0.2) is 24.3 Å². The molecule has 98 valence electrons. The van der Waals surface area contributed by atoms with E-state index in [-0.39, 0.29) is 6.61 Å². The highest BCUT2D eigenvalue weighted by Crippen LogP contribution is 2.12. The third-order valence-corrected chi connectivity index (χ3v) is 2.83. The van der Waals surface area contributed by atoms with Crippen molar-refractivity contribution in [2.75, 3.05) is 19.8 Å². The van der Waals surface area contributed by atoms with Crippen LogP contribution in [-0.2, 0) is 16.1 Å². The molecule has 5 heteroatoms. The summed E-state index contributed by atoms with van der Waals surface area (Å²) in [6.07, 6.45) is 1.07. The molecule has 2 rings (SSSR count). The number of amides is 1. The Morgan fingerprint density at radius 3 is 2.83 bits per heavy atom. The molecule has 1 unspecified atom stereocenters. The largest absolute Gasteiger partial charge is 0.484 e. The van der Waals surface area contributed by atoms with Gasteiger partial charge in [-0.1, -0.05) is 12.1 Å². The lowest BCUT2D eigenvalue weighted by molar-refractivity contribution is -0.119. The summed E-state index contributed by atoms with van der Waals surface area (Å²) in [5.41, 5.74) is 6.18. The van der Waals surface area contributed by atoms with E-state index in [4.69, 9.17) is 15.2 Å². The van der Waals surface area contributed by atoms with Gasteiger partial charge < -0.3 is 20.5 Å². The molecule has 1 heterocycles. The van der Waals surface area contributed by atoms with Crippen LogP contribution < -0.4 is 15.8 Å². The number of hydrogen-bond donors (Lipinski definition) is 2. The van der Waals surface area contributed by atoms with Crippen LogP contribution in [0.25, 0.3) is 0 Å². The summed E-state index contributed by atoms with van der Waals surface area (Å²) in [6, 6.07) is 8.07. The van der Waals surface area contributed by atoms with Crippen LogP contribution in [0, 0.1) is 0 Å². The molecule has 18 heavy (non-hydrogen) atoms. The van der Waals surface area contributed by atoms with E-state index >= 15 is 0 Å². The van der Waals surface area contributed by atoms with Crippen LogP contribution in [0.2, 0.25) is 0 Å². The van der Waals surface area contributed by atoms with E-state index in [2.05, 4.69) is 5.32 Å². The smallest absolute Gasteiger partial charge is 0.255 e. The molecule has 1 aliphatic heterocycles. The van der Waals surface area contributed by atoms with Crippen LogP contribution in [0.1, 0.15) is 12.0 Å². The summed E-state index contributed by atoms with van der Waals surface area (Å²) in [5, 5.41) is 3.43. The van der Waals surface area contributed by atoms with Crippen LogP contribution in [0.5, 0.6) is 5.75 Å². The fourth-order valence-electron chi connectivity index (χ4n) is 1.82. The van der Waals surface area contributed by atoms with E-state index in [0.717, 1.165) is 26.2 Å². The Hall–Kier alpha value is -1.59. The second-order valence-corrected chi connectivity index (χ2v) is 4.34. The monoisotopic (exact) mass is 250 g/mol. The number of ether oxygens (including phenoxy) is 2. The molecule has 1 aromatic rings. The predicted octanol–water partition coefficient (Wildman–Crippen LogP) is 0.429. The molecule has 1 amide bonds. The topological polar surface area (TPSA) is 73.6 Å². The second-order valence-electron chi connectivity index (χ2n) is 4.34. The molecule has 1 atom stereocenters. The first-order valence-electron chi connectivity index (χ1n) is 6.05. The van der Waals surface area contributed by atoms with Gasteiger partial charge in [0.25, 0.3) is 5.91 Å². The summed E-state index contributed by atoms with van der Waals surface area (Å²) in [6.45, 7) is 2.36. The Labute approximate surface area is 106 Å². The summed E-state index contributed by atoms with van der Waals surface area (Å²) in [5.74, 6) is 0.184. The number of nitrogens with one attached hydrogen (secondary N) is 1. The van der Waals surface area contributed by atoms with Crippen molar-refractivity contribution >= 4 is 5.91 Å². The van der Waals surface area contributed by atoms with Gasteiger partial charge >= 0.3 is 0 Å². The third-order valence-electron chi connectivity index (χ3n) is 2.83. The fourth-order valence-corrected chi connectivity index (χ4v) is 1.82. The molecule has 0 aliphatic carbocycles. The molecule has 1 aromatic carbocycles. The van der Waals surface area contributed by atoms with Crippen molar-refractivity contribution in [3.8, 4) is 5.75 Å². The number of rotatable bonds is 6. The number of carbonyl (C=O) groups is 1. The van der Waals surface area contributed by atoms with Gasteiger partial charge in [-0.2, -0.15) is 0 Å².